The van der Waals surface area contributed by atoms with E-state index in [1.54, 1.807) is 49.1 Å². The summed E-state index contributed by atoms with van der Waals surface area (Å²) in [5.41, 5.74) is 1.48. The van der Waals surface area contributed by atoms with Crippen LogP contribution in [0.1, 0.15) is 0 Å². The van der Waals surface area contributed by atoms with Crippen LogP contribution in [0.3, 0.4) is 0 Å². The van der Waals surface area contributed by atoms with Crippen LogP contribution in [0.15, 0.2) is 52.4 Å². The molecule has 0 aliphatic rings. The van der Waals surface area contributed by atoms with E-state index in [0.717, 1.165) is 17.4 Å². The van der Waals surface area contributed by atoms with Crippen LogP contribution in [0, 0.1) is 3.95 Å². The maximum Gasteiger partial charge on any atom is 0.273 e. The number of hydrogen-bond acceptors (Lipinski definition) is 8. The lowest BCUT2D eigenvalue weighted by Crippen LogP contribution is -2.21. The number of aromatic nitrogens is 3. The van der Waals surface area contributed by atoms with Crippen LogP contribution in [0.25, 0.3) is 16.0 Å². The van der Waals surface area contributed by atoms with E-state index in [-0.39, 0.29) is 17.2 Å². The Hall–Kier alpha value is -2.86. The van der Waals surface area contributed by atoms with Crippen molar-refractivity contribution in [1.82, 2.24) is 14.1 Å². The molecule has 2 aromatic carbocycles. The molecular formula is C22H19ClN4O4S3. The molecule has 12 heteroatoms. The highest BCUT2D eigenvalue weighted by molar-refractivity contribution is 7.99. The van der Waals surface area contributed by atoms with E-state index in [9.17, 15) is 9.59 Å². The number of ether oxygens (including phenoxy) is 2. The third-order valence-electron chi connectivity index (χ3n) is 4.87. The Morgan fingerprint density at radius 3 is 2.62 bits per heavy atom. The number of hydrogen-bond donors (Lipinski definition) is 1. The third-order valence-corrected chi connectivity index (χ3v) is 7.51. The number of nitrogens with zero attached hydrogens (tertiary/aromatic N) is 3. The molecular weight excluding hydrogens is 516 g/mol. The lowest BCUT2D eigenvalue weighted by atomic mass is 10.2. The van der Waals surface area contributed by atoms with Gasteiger partial charge in [-0.25, -0.2) is 4.98 Å². The molecule has 4 rings (SSSR count). The lowest BCUT2D eigenvalue weighted by Gasteiger charge is -2.12. The first-order chi connectivity index (χ1) is 16.3. The Morgan fingerprint density at radius 2 is 1.94 bits per heavy atom. The fourth-order valence-corrected chi connectivity index (χ4v) is 5.41. The second-order valence-corrected chi connectivity index (χ2v) is 10.0. The Bertz CT molecular complexity index is 1500. The van der Waals surface area contributed by atoms with Gasteiger partial charge in [-0.1, -0.05) is 34.7 Å². The SMILES string of the molecule is COc1ccc(NC(=O)CSc2nc3c(sc(=S)n3-c3ccc(Cl)cc3)c(=O)n2C)c(OC)c1. The number of carbonyl (C=O) groups is 1. The van der Waals surface area contributed by atoms with Gasteiger partial charge >= 0.3 is 0 Å². The highest BCUT2D eigenvalue weighted by Gasteiger charge is 2.17. The van der Waals surface area contributed by atoms with E-state index in [1.807, 2.05) is 12.1 Å². The fraction of sp³-hybridized carbons (Fsp3) is 0.182. The van der Waals surface area contributed by atoms with Crippen molar-refractivity contribution in [2.45, 2.75) is 5.16 Å². The number of anilines is 1. The number of fused-ring (bicyclic) bond motifs is 1. The molecule has 2 aromatic heterocycles. The Balaban J connectivity index is 1.61. The molecule has 0 saturated carbocycles. The maximum absolute atomic E-state index is 13.0. The van der Waals surface area contributed by atoms with Crippen molar-refractivity contribution in [3.63, 3.8) is 0 Å². The smallest absolute Gasteiger partial charge is 0.273 e. The van der Waals surface area contributed by atoms with Crippen molar-refractivity contribution in [2.75, 3.05) is 25.3 Å². The number of benzene rings is 2. The monoisotopic (exact) mass is 534 g/mol. The quantitative estimate of drug-likeness (QED) is 0.205. The van der Waals surface area contributed by atoms with Crippen molar-refractivity contribution in [1.29, 1.82) is 0 Å². The van der Waals surface area contributed by atoms with E-state index >= 15 is 0 Å². The molecule has 0 radical (unpaired) electrons. The average Bonchev–Trinajstić information content (AvgIpc) is 3.17. The summed E-state index contributed by atoms with van der Waals surface area (Å²) in [5.74, 6) is 0.849. The third kappa shape index (κ3) is 4.83. The number of methoxy groups -OCH3 is 2. The molecule has 1 amide bonds. The van der Waals surface area contributed by atoms with Gasteiger partial charge < -0.3 is 14.8 Å². The van der Waals surface area contributed by atoms with Gasteiger partial charge in [-0.05, 0) is 48.6 Å². The van der Waals surface area contributed by atoms with Crippen molar-refractivity contribution < 1.29 is 14.3 Å². The molecule has 0 unspecified atom stereocenters. The summed E-state index contributed by atoms with van der Waals surface area (Å²) >= 11 is 13.9. The molecule has 176 valence electrons. The Kier molecular flexibility index (Phi) is 7.27. The van der Waals surface area contributed by atoms with Crippen molar-refractivity contribution >= 4 is 68.9 Å². The summed E-state index contributed by atoms with van der Waals surface area (Å²) in [6.45, 7) is 0. The number of carbonyl (C=O) groups excluding carboxylic acids is 1. The van der Waals surface area contributed by atoms with Crippen LogP contribution < -0.4 is 20.3 Å². The summed E-state index contributed by atoms with van der Waals surface area (Å²) in [4.78, 5) is 30.3. The predicted molar refractivity (Wildman–Crippen MR) is 139 cm³/mol. The number of halogens is 1. The topological polar surface area (TPSA) is 87.4 Å². The largest absolute Gasteiger partial charge is 0.497 e. The van der Waals surface area contributed by atoms with E-state index in [1.165, 1.54) is 23.0 Å². The highest BCUT2D eigenvalue weighted by atomic mass is 35.5. The number of nitrogens with one attached hydrogen (secondary N) is 1. The van der Waals surface area contributed by atoms with E-state index in [2.05, 4.69) is 10.3 Å². The number of amides is 1. The predicted octanol–water partition coefficient (Wildman–Crippen LogP) is 4.92. The summed E-state index contributed by atoms with van der Waals surface area (Å²) in [6, 6.07) is 12.2. The van der Waals surface area contributed by atoms with Gasteiger partial charge in [-0.15, -0.1) is 0 Å². The standard InChI is InChI=1S/C22H19ClN4O4S3/c1-26-20(29)18-19(27(22(32)34-18)13-6-4-12(23)5-7-13)25-21(26)33-11-17(28)24-15-9-8-14(30-2)10-16(15)31-3/h4-10H,11H2,1-3H3,(H,24,28). The van der Waals surface area contributed by atoms with Gasteiger partial charge in [0.15, 0.2) is 14.8 Å². The Morgan fingerprint density at radius 1 is 1.21 bits per heavy atom. The highest BCUT2D eigenvalue weighted by Crippen LogP contribution is 2.30. The number of rotatable bonds is 7. The van der Waals surface area contributed by atoms with Crippen LogP contribution in [0.2, 0.25) is 5.02 Å². The minimum atomic E-state index is -0.275. The first-order valence-electron chi connectivity index (χ1n) is 9.85. The summed E-state index contributed by atoms with van der Waals surface area (Å²) in [7, 11) is 4.69. The molecule has 0 atom stereocenters. The van der Waals surface area contributed by atoms with E-state index in [4.69, 9.17) is 33.3 Å². The van der Waals surface area contributed by atoms with Gasteiger partial charge in [-0.2, -0.15) is 0 Å². The number of thiazole rings is 1. The second kappa shape index (κ2) is 10.2. The summed E-state index contributed by atoms with van der Waals surface area (Å²) in [6.07, 6.45) is 0. The molecule has 0 fully saturated rings. The zero-order valence-corrected chi connectivity index (χ0v) is 21.5. The van der Waals surface area contributed by atoms with E-state index in [0.29, 0.717) is 41.7 Å². The van der Waals surface area contributed by atoms with Crippen LogP contribution in [0.5, 0.6) is 11.5 Å². The van der Waals surface area contributed by atoms with Crippen molar-refractivity contribution in [3.8, 4) is 17.2 Å². The van der Waals surface area contributed by atoms with Crippen LogP contribution in [0.4, 0.5) is 5.69 Å². The molecule has 0 aliphatic carbocycles. The average molecular weight is 535 g/mol. The molecule has 2 heterocycles. The first kappa shape index (κ1) is 24.3. The maximum atomic E-state index is 13.0. The summed E-state index contributed by atoms with van der Waals surface area (Å²) < 4.78 is 14.6. The van der Waals surface area contributed by atoms with Crippen LogP contribution >= 0.6 is 46.9 Å². The molecule has 4 aromatic rings. The zero-order chi connectivity index (χ0) is 24.4. The number of thioether (sulfide) groups is 1. The molecule has 8 nitrogen and oxygen atoms in total. The van der Waals surface area contributed by atoms with Crippen LogP contribution in [-0.2, 0) is 11.8 Å². The molecule has 0 aliphatic heterocycles. The molecule has 34 heavy (non-hydrogen) atoms. The first-order valence-corrected chi connectivity index (χ1v) is 12.4. The van der Waals surface area contributed by atoms with Gasteiger partial charge in [-0.3, -0.25) is 18.7 Å². The molecule has 0 spiro atoms. The van der Waals surface area contributed by atoms with Gasteiger partial charge in [0.05, 0.1) is 25.7 Å². The van der Waals surface area contributed by atoms with Crippen molar-refractivity contribution in [3.05, 3.63) is 61.8 Å². The molecule has 0 bridgehead atoms. The zero-order valence-electron chi connectivity index (χ0n) is 18.3. The molecule has 1 N–H and O–H groups in total. The van der Waals surface area contributed by atoms with E-state index < -0.39 is 0 Å². The second-order valence-electron chi connectivity index (χ2n) is 6.99. The fourth-order valence-electron chi connectivity index (χ4n) is 3.18. The minimum absolute atomic E-state index is 0.0345. The Labute approximate surface area is 213 Å². The van der Waals surface area contributed by atoms with Gasteiger partial charge in [0.1, 0.15) is 16.2 Å². The van der Waals surface area contributed by atoms with Gasteiger partial charge in [0, 0.05) is 23.8 Å². The molecule has 0 saturated heterocycles. The lowest BCUT2D eigenvalue weighted by molar-refractivity contribution is -0.113. The van der Waals surface area contributed by atoms with Crippen molar-refractivity contribution in [2.24, 2.45) is 7.05 Å². The van der Waals surface area contributed by atoms with Gasteiger partial charge in [0.25, 0.3) is 5.56 Å². The minimum Gasteiger partial charge on any atom is -0.497 e. The normalized spacial score (nSPS) is 10.9. The van der Waals surface area contributed by atoms with Gasteiger partial charge in [0.2, 0.25) is 5.91 Å². The van der Waals surface area contributed by atoms with Crippen LogP contribution in [-0.4, -0.2) is 40.0 Å². The summed E-state index contributed by atoms with van der Waals surface area (Å²) in [5, 5.41) is 3.80.